The van der Waals surface area contributed by atoms with E-state index in [9.17, 15) is 4.79 Å². The Kier molecular flexibility index (Phi) is 5.82. The third kappa shape index (κ3) is 3.56. The van der Waals surface area contributed by atoms with E-state index in [1.54, 1.807) is 7.11 Å². The third-order valence-corrected chi connectivity index (χ3v) is 3.41. The number of methoxy groups -OCH3 is 1. The molecular weight excluding hydrogens is 252 g/mol. The van der Waals surface area contributed by atoms with E-state index in [-0.39, 0.29) is 11.9 Å². The van der Waals surface area contributed by atoms with Crippen LogP contribution in [0.4, 0.5) is 0 Å². The second kappa shape index (κ2) is 6.90. The van der Waals surface area contributed by atoms with E-state index in [1.807, 2.05) is 25.5 Å². The van der Waals surface area contributed by atoms with Crippen LogP contribution < -0.4 is 0 Å². The average molecular weight is 273 g/mol. The summed E-state index contributed by atoms with van der Waals surface area (Å²) in [5.74, 6) is 0.128. The van der Waals surface area contributed by atoms with Gasteiger partial charge in [0, 0.05) is 26.5 Å². The van der Waals surface area contributed by atoms with E-state index in [1.165, 1.54) is 0 Å². The first-order chi connectivity index (χ1) is 8.53. The summed E-state index contributed by atoms with van der Waals surface area (Å²) in [5, 5.41) is 5.04. The van der Waals surface area contributed by atoms with Gasteiger partial charge in [0.25, 0.3) is 0 Å². The molecule has 0 aromatic carbocycles. The Bertz CT molecular complexity index is 415. The van der Waals surface area contributed by atoms with Gasteiger partial charge in [0.05, 0.1) is 22.5 Å². The molecule has 0 saturated carbocycles. The van der Waals surface area contributed by atoms with Crippen LogP contribution in [0.3, 0.4) is 0 Å². The molecule has 0 N–H and O–H groups in total. The molecular formula is C13H21ClN2O2. The van der Waals surface area contributed by atoms with E-state index in [0.29, 0.717) is 17.9 Å². The number of carbonyl (C=O) groups excluding carboxylic acids is 1. The van der Waals surface area contributed by atoms with Crippen molar-refractivity contribution >= 4 is 17.4 Å². The molecule has 102 valence electrons. The molecule has 0 aliphatic carbocycles. The van der Waals surface area contributed by atoms with E-state index >= 15 is 0 Å². The molecule has 4 nitrogen and oxygen atoms in total. The largest absolute Gasteiger partial charge is 0.381 e. The zero-order valence-corrected chi connectivity index (χ0v) is 12.3. The summed E-state index contributed by atoms with van der Waals surface area (Å²) in [5.41, 5.74) is 1.69. The number of aromatic nitrogens is 2. The molecule has 1 aromatic heterocycles. The number of halogens is 1. The molecule has 18 heavy (non-hydrogen) atoms. The normalized spacial score (nSPS) is 12.7. The second-order valence-corrected chi connectivity index (χ2v) is 4.72. The maximum atomic E-state index is 11.9. The monoisotopic (exact) mass is 272 g/mol. The number of nitrogens with zero attached hydrogens (tertiary/aromatic N) is 2. The van der Waals surface area contributed by atoms with Crippen molar-refractivity contribution in [3.8, 4) is 0 Å². The standard InChI is InChI=1S/C13H21ClN2O2/c1-5-11-13(14)12(16(6-2)15-11)8-10(17)7-9(3)18-4/h9H,5-8H2,1-4H3. The molecule has 1 aromatic rings. The quantitative estimate of drug-likeness (QED) is 0.766. The van der Waals surface area contributed by atoms with E-state index < -0.39 is 0 Å². The Balaban J connectivity index is 2.83. The van der Waals surface area contributed by atoms with Gasteiger partial charge in [-0.25, -0.2) is 0 Å². The second-order valence-electron chi connectivity index (χ2n) is 4.34. The molecule has 0 bridgehead atoms. The van der Waals surface area contributed by atoms with Crippen molar-refractivity contribution in [2.45, 2.75) is 52.7 Å². The lowest BCUT2D eigenvalue weighted by Gasteiger charge is -2.09. The van der Waals surface area contributed by atoms with Gasteiger partial charge in [0.1, 0.15) is 5.78 Å². The Morgan fingerprint density at radius 3 is 2.67 bits per heavy atom. The number of ketones is 1. The first kappa shape index (κ1) is 15.2. The van der Waals surface area contributed by atoms with Gasteiger partial charge in [-0.05, 0) is 20.3 Å². The molecule has 0 aliphatic rings. The number of hydrogen-bond donors (Lipinski definition) is 0. The number of ether oxygens (including phenoxy) is 1. The van der Waals surface area contributed by atoms with Crippen molar-refractivity contribution in [1.29, 1.82) is 0 Å². The number of aryl methyl sites for hydroxylation is 2. The SMILES string of the molecule is CCc1nn(CC)c(CC(=O)CC(C)OC)c1Cl. The third-order valence-electron chi connectivity index (χ3n) is 2.98. The summed E-state index contributed by atoms with van der Waals surface area (Å²) >= 11 is 6.26. The summed E-state index contributed by atoms with van der Waals surface area (Å²) in [6.07, 6.45) is 1.46. The first-order valence-electron chi connectivity index (χ1n) is 6.31. The van der Waals surface area contributed by atoms with Crippen LogP contribution in [0, 0.1) is 0 Å². The van der Waals surface area contributed by atoms with Gasteiger partial charge < -0.3 is 4.74 Å². The van der Waals surface area contributed by atoms with Gasteiger partial charge in [-0.2, -0.15) is 5.10 Å². The van der Waals surface area contributed by atoms with Gasteiger partial charge in [-0.1, -0.05) is 18.5 Å². The van der Waals surface area contributed by atoms with Crippen molar-refractivity contribution in [3.05, 3.63) is 16.4 Å². The molecule has 1 atom stereocenters. The molecule has 0 radical (unpaired) electrons. The number of hydrogen-bond acceptors (Lipinski definition) is 3. The van der Waals surface area contributed by atoms with E-state index in [2.05, 4.69) is 5.10 Å². The highest BCUT2D eigenvalue weighted by Crippen LogP contribution is 2.22. The minimum absolute atomic E-state index is 0.0556. The van der Waals surface area contributed by atoms with Crippen LogP contribution in [-0.2, 0) is 28.9 Å². The molecule has 1 rings (SSSR count). The number of carbonyl (C=O) groups is 1. The fourth-order valence-electron chi connectivity index (χ4n) is 1.85. The molecule has 0 aliphatic heterocycles. The number of Topliss-reactive ketones (excluding diaryl/α,β-unsaturated/α-hetero) is 1. The molecule has 5 heteroatoms. The summed E-state index contributed by atoms with van der Waals surface area (Å²) in [6.45, 7) is 6.61. The van der Waals surface area contributed by atoms with Crippen molar-refractivity contribution in [2.24, 2.45) is 0 Å². The molecule has 0 fully saturated rings. The maximum absolute atomic E-state index is 11.9. The van der Waals surface area contributed by atoms with Crippen molar-refractivity contribution < 1.29 is 9.53 Å². The highest BCUT2D eigenvalue weighted by Gasteiger charge is 2.18. The van der Waals surface area contributed by atoms with Gasteiger partial charge in [0.15, 0.2) is 0 Å². The lowest BCUT2D eigenvalue weighted by Crippen LogP contribution is -2.16. The predicted octanol–water partition coefficient (Wildman–Crippen LogP) is 2.66. The highest BCUT2D eigenvalue weighted by atomic mass is 35.5. The van der Waals surface area contributed by atoms with Gasteiger partial charge in [-0.3, -0.25) is 9.48 Å². The van der Waals surface area contributed by atoms with Crippen LogP contribution in [0.5, 0.6) is 0 Å². The Labute approximate surface area is 113 Å². The number of rotatable bonds is 7. The Morgan fingerprint density at radius 1 is 1.50 bits per heavy atom. The topological polar surface area (TPSA) is 44.1 Å². The minimum atomic E-state index is -0.0556. The van der Waals surface area contributed by atoms with Crippen LogP contribution in [0.15, 0.2) is 0 Å². The minimum Gasteiger partial charge on any atom is -0.381 e. The summed E-state index contributed by atoms with van der Waals surface area (Å²) in [7, 11) is 1.61. The van der Waals surface area contributed by atoms with E-state index in [4.69, 9.17) is 16.3 Å². The van der Waals surface area contributed by atoms with Crippen LogP contribution in [-0.4, -0.2) is 28.8 Å². The smallest absolute Gasteiger partial charge is 0.141 e. The zero-order chi connectivity index (χ0) is 13.7. The predicted molar refractivity (Wildman–Crippen MR) is 72.1 cm³/mol. The lowest BCUT2D eigenvalue weighted by molar-refractivity contribution is -0.120. The lowest BCUT2D eigenvalue weighted by atomic mass is 10.1. The molecule has 1 heterocycles. The van der Waals surface area contributed by atoms with Gasteiger partial charge in [-0.15, -0.1) is 0 Å². The molecule has 0 amide bonds. The molecule has 1 unspecified atom stereocenters. The van der Waals surface area contributed by atoms with Crippen molar-refractivity contribution in [3.63, 3.8) is 0 Å². The summed E-state index contributed by atoms with van der Waals surface area (Å²) < 4.78 is 6.91. The fourth-order valence-corrected chi connectivity index (χ4v) is 2.18. The van der Waals surface area contributed by atoms with Crippen molar-refractivity contribution in [1.82, 2.24) is 9.78 Å². The molecule has 0 saturated heterocycles. The highest BCUT2D eigenvalue weighted by molar-refractivity contribution is 6.32. The van der Waals surface area contributed by atoms with Crippen LogP contribution in [0.1, 0.15) is 38.6 Å². The van der Waals surface area contributed by atoms with Crippen LogP contribution >= 0.6 is 11.6 Å². The summed E-state index contributed by atoms with van der Waals surface area (Å²) in [4.78, 5) is 11.9. The first-order valence-corrected chi connectivity index (χ1v) is 6.69. The van der Waals surface area contributed by atoms with Gasteiger partial charge in [0.2, 0.25) is 0 Å². The van der Waals surface area contributed by atoms with Crippen LogP contribution in [0.25, 0.3) is 0 Å². The summed E-state index contributed by atoms with van der Waals surface area (Å²) in [6, 6.07) is 0. The Morgan fingerprint density at radius 2 is 2.17 bits per heavy atom. The van der Waals surface area contributed by atoms with Crippen molar-refractivity contribution in [2.75, 3.05) is 7.11 Å². The van der Waals surface area contributed by atoms with Crippen LogP contribution in [0.2, 0.25) is 5.02 Å². The van der Waals surface area contributed by atoms with E-state index in [0.717, 1.165) is 24.4 Å². The van der Waals surface area contributed by atoms with Gasteiger partial charge >= 0.3 is 0 Å². The fraction of sp³-hybridized carbons (Fsp3) is 0.692. The average Bonchev–Trinajstić information content (AvgIpc) is 2.66. The maximum Gasteiger partial charge on any atom is 0.141 e. The Hall–Kier alpha value is -0.870. The zero-order valence-electron chi connectivity index (χ0n) is 11.5. The molecule has 0 spiro atoms.